The van der Waals surface area contributed by atoms with Crippen molar-refractivity contribution in [2.45, 2.75) is 46.1 Å². The molecule has 138 valence electrons. The Morgan fingerprint density at radius 1 is 1.33 bits per heavy atom. The van der Waals surface area contributed by atoms with Crippen LogP contribution in [0.15, 0.2) is 11.3 Å². The van der Waals surface area contributed by atoms with E-state index >= 15 is 0 Å². The molecule has 0 bridgehead atoms. The van der Waals surface area contributed by atoms with Crippen molar-refractivity contribution in [3.8, 4) is 0 Å². The average molecular weight is 450 g/mol. The molecule has 24 heavy (non-hydrogen) atoms. The number of aromatic nitrogens is 3. The molecule has 8 heteroatoms. The number of rotatable bonds is 9. The van der Waals surface area contributed by atoms with E-state index in [1.165, 1.54) is 12.8 Å². The fraction of sp³-hybridized carbons (Fsp3) is 0.812. The summed E-state index contributed by atoms with van der Waals surface area (Å²) < 4.78 is 7.48. The predicted octanol–water partition coefficient (Wildman–Crippen LogP) is 1.93. The van der Waals surface area contributed by atoms with Gasteiger partial charge in [-0.15, -0.1) is 34.2 Å². The lowest BCUT2D eigenvalue weighted by molar-refractivity contribution is 0.146. The quantitative estimate of drug-likeness (QED) is 0.270. The molecule has 1 aliphatic heterocycles. The van der Waals surface area contributed by atoms with Crippen LogP contribution in [0.5, 0.6) is 0 Å². The molecular formula is C16H31IN6O. The molecule has 1 saturated heterocycles. The van der Waals surface area contributed by atoms with Gasteiger partial charge in [0, 0.05) is 52.4 Å². The summed E-state index contributed by atoms with van der Waals surface area (Å²) in [6.07, 6.45) is 6.19. The van der Waals surface area contributed by atoms with Crippen molar-refractivity contribution in [3.63, 3.8) is 0 Å². The molecule has 0 amide bonds. The van der Waals surface area contributed by atoms with E-state index in [-0.39, 0.29) is 24.0 Å². The van der Waals surface area contributed by atoms with Crippen LogP contribution < -0.4 is 5.32 Å². The summed E-state index contributed by atoms with van der Waals surface area (Å²) in [6.45, 7) is 10.4. The number of nitrogens with one attached hydrogen (secondary N) is 1. The number of nitrogens with zero attached hydrogens (tertiary/aromatic N) is 5. The van der Waals surface area contributed by atoms with Crippen molar-refractivity contribution in [1.82, 2.24) is 25.0 Å². The molecule has 2 heterocycles. The molecule has 0 unspecified atom stereocenters. The maximum absolute atomic E-state index is 5.38. The topological polar surface area (TPSA) is 67.6 Å². The monoisotopic (exact) mass is 450 g/mol. The molecule has 0 atom stereocenters. The van der Waals surface area contributed by atoms with Gasteiger partial charge in [0.1, 0.15) is 12.2 Å². The second kappa shape index (κ2) is 12.5. The first-order valence-electron chi connectivity index (χ1n) is 8.82. The highest BCUT2D eigenvalue weighted by Gasteiger charge is 2.15. The predicted molar refractivity (Wildman–Crippen MR) is 107 cm³/mol. The molecule has 0 spiro atoms. The van der Waals surface area contributed by atoms with E-state index in [0.29, 0.717) is 0 Å². The summed E-state index contributed by atoms with van der Waals surface area (Å²) >= 11 is 0. The van der Waals surface area contributed by atoms with Crippen molar-refractivity contribution < 1.29 is 4.74 Å². The number of halogens is 1. The summed E-state index contributed by atoms with van der Waals surface area (Å²) in [7, 11) is 0. The zero-order chi connectivity index (χ0) is 16.3. The smallest absolute Gasteiger partial charge is 0.193 e. The zero-order valence-electron chi connectivity index (χ0n) is 14.9. The molecule has 2 rings (SSSR count). The van der Waals surface area contributed by atoms with Crippen molar-refractivity contribution in [1.29, 1.82) is 0 Å². The van der Waals surface area contributed by atoms with Crippen molar-refractivity contribution in [2.24, 2.45) is 4.99 Å². The first-order valence-corrected chi connectivity index (χ1v) is 8.82. The van der Waals surface area contributed by atoms with Crippen LogP contribution in [0, 0.1) is 0 Å². The Bertz CT molecular complexity index is 473. The van der Waals surface area contributed by atoms with E-state index in [2.05, 4.69) is 31.9 Å². The average Bonchev–Trinajstić information content (AvgIpc) is 3.24. The Balaban J connectivity index is 0.00000288. The van der Waals surface area contributed by atoms with Crippen LogP contribution >= 0.6 is 24.0 Å². The van der Waals surface area contributed by atoms with Gasteiger partial charge in [-0.05, 0) is 26.2 Å². The molecule has 1 aliphatic rings. The Hall–Kier alpha value is -0.900. The van der Waals surface area contributed by atoms with Crippen LogP contribution in [-0.4, -0.2) is 65.0 Å². The summed E-state index contributed by atoms with van der Waals surface area (Å²) in [5.41, 5.74) is 0. The van der Waals surface area contributed by atoms with Crippen molar-refractivity contribution in [3.05, 3.63) is 12.2 Å². The summed E-state index contributed by atoms with van der Waals surface area (Å²) in [6, 6.07) is 0. The Labute approximate surface area is 162 Å². The van der Waals surface area contributed by atoms with Crippen molar-refractivity contribution >= 4 is 29.9 Å². The zero-order valence-corrected chi connectivity index (χ0v) is 17.2. The number of hydrogen-bond acceptors (Lipinski definition) is 4. The van der Waals surface area contributed by atoms with Gasteiger partial charge in [-0.1, -0.05) is 6.92 Å². The molecule has 1 aromatic rings. The fourth-order valence-corrected chi connectivity index (χ4v) is 2.72. The maximum Gasteiger partial charge on any atom is 0.193 e. The fourth-order valence-electron chi connectivity index (χ4n) is 2.72. The molecule has 1 N–H and O–H groups in total. The van der Waals surface area contributed by atoms with Gasteiger partial charge in [0.25, 0.3) is 0 Å². The molecule has 0 aromatic carbocycles. The minimum atomic E-state index is 0. The number of ether oxygens (including phenoxy) is 1. The van der Waals surface area contributed by atoms with E-state index in [9.17, 15) is 0 Å². The van der Waals surface area contributed by atoms with E-state index in [0.717, 1.165) is 70.6 Å². The van der Waals surface area contributed by atoms with Crippen LogP contribution in [0.2, 0.25) is 0 Å². The number of likely N-dealkylation sites (tertiary alicyclic amines) is 1. The van der Waals surface area contributed by atoms with E-state index in [1.54, 1.807) is 6.33 Å². The molecule has 7 nitrogen and oxygen atoms in total. The SMILES string of the molecule is CCOCCCN=C(NCCn1cnnc1CC)N1CCCC1.I. The van der Waals surface area contributed by atoms with Gasteiger partial charge in [-0.25, -0.2) is 0 Å². The summed E-state index contributed by atoms with van der Waals surface area (Å²) in [5.74, 6) is 2.06. The second-order valence-corrected chi connectivity index (χ2v) is 5.67. The van der Waals surface area contributed by atoms with Crippen LogP contribution in [0.3, 0.4) is 0 Å². The Morgan fingerprint density at radius 3 is 2.83 bits per heavy atom. The Morgan fingerprint density at radius 2 is 2.12 bits per heavy atom. The lowest BCUT2D eigenvalue weighted by Gasteiger charge is -2.21. The lowest BCUT2D eigenvalue weighted by atomic mass is 10.4. The standard InChI is InChI=1S/C16H30N6O.HI/c1-3-15-20-19-14-22(15)12-9-18-16(21-10-5-6-11-21)17-8-7-13-23-4-2;/h14H,3-13H2,1-2H3,(H,17,18);1H. The third kappa shape index (κ3) is 6.92. The van der Waals surface area contributed by atoms with Crippen molar-refractivity contribution in [2.75, 3.05) is 39.4 Å². The number of hydrogen-bond donors (Lipinski definition) is 1. The maximum atomic E-state index is 5.38. The first kappa shape index (κ1) is 21.1. The van der Waals surface area contributed by atoms with Crippen LogP contribution in [0.4, 0.5) is 0 Å². The third-order valence-corrected chi connectivity index (χ3v) is 3.97. The van der Waals surface area contributed by atoms with E-state index < -0.39 is 0 Å². The number of guanidine groups is 1. The highest BCUT2D eigenvalue weighted by atomic mass is 127. The van der Waals surface area contributed by atoms with E-state index in [4.69, 9.17) is 9.73 Å². The first-order chi connectivity index (χ1) is 11.3. The van der Waals surface area contributed by atoms with Gasteiger partial charge in [0.05, 0.1) is 0 Å². The van der Waals surface area contributed by atoms with Gasteiger partial charge < -0.3 is 19.5 Å². The third-order valence-electron chi connectivity index (χ3n) is 3.97. The van der Waals surface area contributed by atoms with Gasteiger partial charge in [0.2, 0.25) is 0 Å². The molecule has 1 fully saturated rings. The molecule has 1 aromatic heterocycles. The van der Waals surface area contributed by atoms with Crippen LogP contribution in [0.25, 0.3) is 0 Å². The lowest BCUT2D eigenvalue weighted by Crippen LogP contribution is -2.41. The van der Waals surface area contributed by atoms with Gasteiger partial charge in [-0.3, -0.25) is 4.99 Å². The summed E-state index contributed by atoms with van der Waals surface area (Å²) in [5, 5.41) is 11.6. The number of aliphatic imine (C=N–C) groups is 1. The van der Waals surface area contributed by atoms with Crippen LogP contribution in [0.1, 0.15) is 38.9 Å². The molecule has 0 saturated carbocycles. The summed E-state index contributed by atoms with van der Waals surface area (Å²) in [4.78, 5) is 7.10. The number of aryl methyl sites for hydroxylation is 1. The molecular weight excluding hydrogens is 419 g/mol. The van der Waals surface area contributed by atoms with E-state index in [1.807, 2.05) is 6.92 Å². The normalized spacial score (nSPS) is 14.8. The molecule has 0 aliphatic carbocycles. The molecule has 0 radical (unpaired) electrons. The highest BCUT2D eigenvalue weighted by Crippen LogP contribution is 2.07. The van der Waals surface area contributed by atoms with Gasteiger partial charge in [-0.2, -0.15) is 0 Å². The minimum Gasteiger partial charge on any atom is -0.382 e. The Kier molecular flexibility index (Phi) is 11.0. The van der Waals surface area contributed by atoms with Gasteiger partial charge >= 0.3 is 0 Å². The minimum absolute atomic E-state index is 0. The largest absolute Gasteiger partial charge is 0.382 e. The highest BCUT2D eigenvalue weighted by molar-refractivity contribution is 14.0. The van der Waals surface area contributed by atoms with Gasteiger partial charge in [0.15, 0.2) is 5.96 Å². The van der Waals surface area contributed by atoms with Crippen LogP contribution in [-0.2, 0) is 17.7 Å². The second-order valence-electron chi connectivity index (χ2n) is 5.67.